The van der Waals surface area contributed by atoms with E-state index in [0.29, 0.717) is 44.2 Å². The zero-order chi connectivity index (χ0) is 21.9. The van der Waals surface area contributed by atoms with Crippen molar-refractivity contribution in [3.8, 4) is 0 Å². The summed E-state index contributed by atoms with van der Waals surface area (Å²) < 4.78 is 83.0. The van der Waals surface area contributed by atoms with Crippen LogP contribution in [-0.4, -0.2) is 31.2 Å². The van der Waals surface area contributed by atoms with Gasteiger partial charge in [-0.2, -0.15) is 26.3 Å². The zero-order valence-electron chi connectivity index (χ0n) is 16.2. The third-order valence-electron chi connectivity index (χ3n) is 5.61. The number of carbonyl (C=O) groups excluding carboxylic acids is 1. The Morgan fingerprint density at radius 3 is 2.07 bits per heavy atom. The lowest BCUT2D eigenvalue weighted by Crippen LogP contribution is -2.41. The molecule has 3 rings (SSSR count). The Kier molecular flexibility index (Phi) is 6.96. The van der Waals surface area contributed by atoms with E-state index in [4.69, 9.17) is 4.74 Å². The van der Waals surface area contributed by atoms with Gasteiger partial charge in [0.25, 0.3) is 0 Å². The van der Waals surface area contributed by atoms with Gasteiger partial charge in [-0.3, -0.25) is 4.79 Å². The van der Waals surface area contributed by atoms with Gasteiger partial charge < -0.3 is 15.4 Å². The molecule has 2 unspecified atom stereocenters. The topological polar surface area (TPSA) is 50.4 Å². The van der Waals surface area contributed by atoms with E-state index in [9.17, 15) is 31.1 Å². The van der Waals surface area contributed by atoms with E-state index in [2.05, 4.69) is 10.6 Å². The van der Waals surface area contributed by atoms with Crippen molar-refractivity contribution in [2.24, 2.45) is 5.92 Å². The fraction of sp³-hybridized carbons (Fsp3) is 0.650. The van der Waals surface area contributed by atoms with Crippen LogP contribution in [0.15, 0.2) is 18.2 Å². The molecule has 1 amide bonds. The minimum Gasteiger partial charge on any atom is -0.381 e. The summed E-state index contributed by atoms with van der Waals surface area (Å²) in [6.45, 7) is 1.01. The fourth-order valence-corrected chi connectivity index (χ4v) is 4.02. The smallest absolute Gasteiger partial charge is 0.381 e. The Bertz CT molecular complexity index is 712. The van der Waals surface area contributed by atoms with Gasteiger partial charge in [0.2, 0.25) is 5.91 Å². The van der Waals surface area contributed by atoms with Gasteiger partial charge in [-0.15, -0.1) is 0 Å². The van der Waals surface area contributed by atoms with Gasteiger partial charge in [-0.1, -0.05) is 0 Å². The molecule has 0 aromatic heterocycles. The van der Waals surface area contributed by atoms with Crippen LogP contribution in [0.3, 0.4) is 0 Å². The van der Waals surface area contributed by atoms with Gasteiger partial charge in [-0.25, -0.2) is 0 Å². The van der Waals surface area contributed by atoms with Crippen molar-refractivity contribution < 1.29 is 35.9 Å². The summed E-state index contributed by atoms with van der Waals surface area (Å²) in [6, 6.07) is 1.87. The Balaban J connectivity index is 1.57. The average molecular weight is 438 g/mol. The second-order valence-corrected chi connectivity index (χ2v) is 7.89. The summed E-state index contributed by atoms with van der Waals surface area (Å²) in [5.74, 6) is -0.660. The number of halogens is 6. The van der Waals surface area contributed by atoms with Crippen molar-refractivity contribution in [3.05, 3.63) is 34.9 Å². The van der Waals surface area contributed by atoms with Crippen molar-refractivity contribution in [1.29, 1.82) is 0 Å². The van der Waals surface area contributed by atoms with Gasteiger partial charge in [0, 0.05) is 37.8 Å². The van der Waals surface area contributed by atoms with Crippen LogP contribution in [0.4, 0.5) is 26.3 Å². The largest absolute Gasteiger partial charge is 0.416 e. The Morgan fingerprint density at radius 1 is 0.900 bits per heavy atom. The number of ether oxygens (including phenoxy) is 1. The molecule has 10 heteroatoms. The van der Waals surface area contributed by atoms with E-state index in [1.807, 2.05) is 0 Å². The molecule has 4 nitrogen and oxygen atoms in total. The Labute approximate surface area is 170 Å². The maximum atomic E-state index is 12.9. The molecule has 0 spiro atoms. The minimum absolute atomic E-state index is 0.0782. The molecule has 2 fully saturated rings. The molecule has 168 valence electrons. The van der Waals surface area contributed by atoms with Crippen LogP contribution in [0.25, 0.3) is 0 Å². The van der Waals surface area contributed by atoms with Crippen molar-refractivity contribution in [1.82, 2.24) is 10.6 Å². The highest BCUT2D eigenvalue weighted by Crippen LogP contribution is 2.36. The van der Waals surface area contributed by atoms with Crippen molar-refractivity contribution in [2.75, 3.05) is 13.2 Å². The van der Waals surface area contributed by atoms with E-state index < -0.39 is 23.5 Å². The van der Waals surface area contributed by atoms with Gasteiger partial charge >= 0.3 is 12.4 Å². The van der Waals surface area contributed by atoms with Crippen LogP contribution in [0.2, 0.25) is 0 Å². The van der Waals surface area contributed by atoms with Gasteiger partial charge in [-0.05, 0) is 55.9 Å². The molecule has 1 saturated heterocycles. The quantitative estimate of drug-likeness (QED) is 0.675. The van der Waals surface area contributed by atoms with Gasteiger partial charge in [0.15, 0.2) is 0 Å². The average Bonchev–Trinajstić information content (AvgIpc) is 3.14. The Hall–Kier alpha value is -1.81. The van der Waals surface area contributed by atoms with E-state index in [1.165, 1.54) is 0 Å². The van der Waals surface area contributed by atoms with Crippen molar-refractivity contribution in [2.45, 2.75) is 63.1 Å². The molecule has 1 saturated carbocycles. The maximum absolute atomic E-state index is 12.9. The van der Waals surface area contributed by atoms with E-state index >= 15 is 0 Å². The first-order valence-electron chi connectivity index (χ1n) is 9.92. The monoisotopic (exact) mass is 438 g/mol. The summed E-state index contributed by atoms with van der Waals surface area (Å²) in [5, 5.41) is 6.02. The number of alkyl halides is 6. The van der Waals surface area contributed by atoms with E-state index in [-0.39, 0.29) is 36.0 Å². The van der Waals surface area contributed by atoms with Crippen LogP contribution >= 0.6 is 0 Å². The van der Waals surface area contributed by atoms with Crippen LogP contribution < -0.4 is 10.6 Å². The molecule has 0 radical (unpaired) electrons. The first-order chi connectivity index (χ1) is 14.0. The molecule has 2 N–H and O–H groups in total. The molecule has 30 heavy (non-hydrogen) atoms. The van der Waals surface area contributed by atoms with Crippen molar-refractivity contribution in [3.63, 3.8) is 0 Å². The molecular formula is C20H24F6N2O2. The molecule has 2 atom stereocenters. The third-order valence-corrected chi connectivity index (χ3v) is 5.61. The molecule has 1 aromatic carbocycles. The molecule has 1 aliphatic heterocycles. The summed E-state index contributed by atoms with van der Waals surface area (Å²) in [4.78, 5) is 12.4. The standard InChI is InChI=1S/C20H24F6N2O2/c21-19(22,23)14-7-12(8-15(10-14)20(24,25)26)11-27-18(29)13-1-2-17(9-13)28-16-3-5-30-6-4-16/h7-8,10,13,16-17,28H,1-6,9,11H2,(H,27,29). The van der Waals surface area contributed by atoms with E-state index in [1.54, 1.807) is 0 Å². The number of hydrogen-bond donors (Lipinski definition) is 2. The normalized spacial score (nSPS) is 23.5. The molecule has 1 aliphatic carbocycles. The van der Waals surface area contributed by atoms with Crippen LogP contribution in [-0.2, 0) is 28.4 Å². The predicted octanol–water partition coefficient (Wildman–Crippen LogP) is 4.28. The number of nitrogens with one attached hydrogen (secondary N) is 2. The number of amides is 1. The van der Waals surface area contributed by atoms with Gasteiger partial charge in [0.05, 0.1) is 11.1 Å². The second kappa shape index (κ2) is 9.13. The third kappa shape index (κ3) is 6.10. The molecule has 1 aromatic rings. The zero-order valence-corrected chi connectivity index (χ0v) is 16.2. The number of rotatable bonds is 5. The lowest BCUT2D eigenvalue weighted by molar-refractivity contribution is -0.143. The highest BCUT2D eigenvalue weighted by Gasteiger charge is 2.37. The fourth-order valence-electron chi connectivity index (χ4n) is 4.02. The number of hydrogen-bond acceptors (Lipinski definition) is 3. The van der Waals surface area contributed by atoms with E-state index in [0.717, 1.165) is 19.3 Å². The summed E-state index contributed by atoms with van der Waals surface area (Å²) in [6.07, 6.45) is -5.97. The molecule has 1 heterocycles. The first-order valence-corrected chi connectivity index (χ1v) is 9.92. The second-order valence-electron chi connectivity index (χ2n) is 7.89. The lowest BCUT2D eigenvalue weighted by Gasteiger charge is -2.26. The van der Waals surface area contributed by atoms with Gasteiger partial charge in [0.1, 0.15) is 0 Å². The summed E-state index contributed by atoms with van der Waals surface area (Å²) >= 11 is 0. The van der Waals surface area contributed by atoms with Crippen molar-refractivity contribution >= 4 is 5.91 Å². The van der Waals surface area contributed by atoms with Crippen LogP contribution in [0, 0.1) is 5.92 Å². The number of carbonyl (C=O) groups is 1. The highest BCUT2D eigenvalue weighted by molar-refractivity contribution is 5.79. The predicted molar refractivity (Wildman–Crippen MR) is 96.4 cm³/mol. The summed E-state index contributed by atoms with van der Waals surface area (Å²) in [5.41, 5.74) is -3.01. The lowest BCUT2D eigenvalue weighted by atomic mass is 10.0. The molecule has 0 bridgehead atoms. The molecular weight excluding hydrogens is 414 g/mol. The van der Waals surface area contributed by atoms with Crippen LogP contribution in [0.1, 0.15) is 48.8 Å². The molecule has 2 aliphatic rings. The Morgan fingerprint density at radius 2 is 1.50 bits per heavy atom. The van der Waals surface area contributed by atoms with Crippen LogP contribution in [0.5, 0.6) is 0 Å². The summed E-state index contributed by atoms with van der Waals surface area (Å²) in [7, 11) is 0. The SMILES string of the molecule is O=C(NCc1cc(C(F)(F)F)cc(C(F)(F)F)c1)C1CCC(NC2CCOCC2)C1. The maximum Gasteiger partial charge on any atom is 0.416 e. The first kappa shape index (κ1) is 22.9. The minimum atomic E-state index is -4.91. The highest BCUT2D eigenvalue weighted by atomic mass is 19.4. The number of benzene rings is 1.